The Morgan fingerprint density at radius 1 is 1.06 bits per heavy atom. The molecule has 0 saturated heterocycles. The van der Waals surface area contributed by atoms with Crippen molar-refractivity contribution in [3.8, 4) is 0 Å². The van der Waals surface area contributed by atoms with Crippen LogP contribution in [0, 0.1) is 0 Å². The van der Waals surface area contributed by atoms with Crippen molar-refractivity contribution in [3.63, 3.8) is 0 Å². The molecule has 0 aliphatic carbocycles. The lowest BCUT2D eigenvalue weighted by atomic mass is 10.1. The number of para-hydroxylation sites is 1. The van der Waals surface area contributed by atoms with Gasteiger partial charge in [-0.3, -0.25) is 0 Å². The number of pyridine rings is 1. The number of halogens is 4. The normalized spacial score (nSPS) is 11.2. The van der Waals surface area contributed by atoms with Gasteiger partial charge in [0.05, 0.1) is 11.1 Å². The molecule has 0 unspecified atom stereocenters. The smallest absolute Gasteiger partial charge is 0.384 e. The van der Waals surface area contributed by atoms with E-state index in [9.17, 15) is 13.2 Å². The molecular formula is C10H8ClF3N2. The highest BCUT2D eigenvalue weighted by Gasteiger charge is 2.32. The van der Waals surface area contributed by atoms with Gasteiger partial charge in [0.25, 0.3) is 0 Å². The molecule has 2 N–H and O–H groups in total. The second-order valence-electron chi connectivity index (χ2n) is 3.11. The average molecular weight is 249 g/mol. The lowest BCUT2D eigenvalue weighted by Crippen LogP contribution is -2.06. The van der Waals surface area contributed by atoms with Gasteiger partial charge in [-0.05, 0) is 18.2 Å². The number of nitrogens with two attached hydrogens (primary N) is 1. The summed E-state index contributed by atoms with van der Waals surface area (Å²) in [5.41, 5.74) is 4.49. The predicted octanol–water partition coefficient (Wildman–Crippen LogP) is 3.26. The minimum absolute atomic E-state index is 0. The van der Waals surface area contributed by atoms with Crippen LogP contribution >= 0.6 is 12.4 Å². The first-order chi connectivity index (χ1) is 6.98. The first-order valence-electron chi connectivity index (χ1n) is 4.21. The van der Waals surface area contributed by atoms with Gasteiger partial charge in [0, 0.05) is 5.39 Å². The Bertz CT molecular complexity index is 511. The van der Waals surface area contributed by atoms with Crippen molar-refractivity contribution in [2.45, 2.75) is 6.18 Å². The van der Waals surface area contributed by atoms with E-state index in [1.54, 1.807) is 6.07 Å². The van der Waals surface area contributed by atoms with Crippen LogP contribution in [0.2, 0.25) is 0 Å². The quantitative estimate of drug-likeness (QED) is 0.777. The van der Waals surface area contributed by atoms with Crippen molar-refractivity contribution < 1.29 is 13.2 Å². The standard InChI is InChI=1S/C10H7F3N2.ClH/c11-10(12,13)7-3-1-2-6-4-5-8(14)15-9(6)7;/h1-5H,(H2,14,15);1H. The summed E-state index contributed by atoms with van der Waals surface area (Å²) in [6.45, 7) is 0. The number of nitrogens with zero attached hydrogens (tertiary/aromatic N) is 1. The highest BCUT2D eigenvalue weighted by Crippen LogP contribution is 2.33. The molecule has 0 amide bonds. The van der Waals surface area contributed by atoms with Crippen molar-refractivity contribution in [2.24, 2.45) is 0 Å². The molecule has 1 aromatic heterocycles. The molecule has 16 heavy (non-hydrogen) atoms. The first kappa shape index (κ1) is 12.6. The minimum atomic E-state index is -4.40. The van der Waals surface area contributed by atoms with E-state index in [2.05, 4.69) is 4.98 Å². The van der Waals surface area contributed by atoms with Crippen LogP contribution in [0.5, 0.6) is 0 Å². The Balaban J connectivity index is 0.00000128. The zero-order valence-electron chi connectivity index (χ0n) is 7.95. The van der Waals surface area contributed by atoms with E-state index in [1.807, 2.05) is 0 Å². The van der Waals surface area contributed by atoms with Crippen molar-refractivity contribution in [1.82, 2.24) is 4.98 Å². The fraction of sp³-hybridized carbons (Fsp3) is 0.100. The fourth-order valence-electron chi connectivity index (χ4n) is 1.39. The Morgan fingerprint density at radius 2 is 1.75 bits per heavy atom. The summed E-state index contributed by atoms with van der Waals surface area (Å²) < 4.78 is 37.7. The van der Waals surface area contributed by atoms with E-state index in [0.717, 1.165) is 6.07 Å². The topological polar surface area (TPSA) is 38.9 Å². The molecular weight excluding hydrogens is 241 g/mol. The minimum Gasteiger partial charge on any atom is -0.384 e. The predicted molar refractivity (Wildman–Crippen MR) is 58.4 cm³/mol. The molecule has 1 heterocycles. The summed E-state index contributed by atoms with van der Waals surface area (Å²) in [5.74, 6) is 0.0826. The van der Waals surface area contributed by atoms with Crippen LogP contribution in [0.4, 0.5) is 19.0 Å². The van der Waals surface area contributed by atoms with E-state index in [1.165, 1.54) is 18.2 Å². The molecule has 2 nitrogen and oxygen atoms in total. The SMILES string of the molecule is Cl.Nc1ccc2cccc(C(F)(F)F)c2n1. The second kappa shape index (κ2) is 4.17. The zero-order valence-corrected chi connectivity index (χ0v) is 8.77. The summed E-state index contributed by atoms with van der Waals surface area (Å²) >= 11 is 0. The molecule has 86 valence electrons. The molecule has 0 radical (unpaired) electrons. The van der Waals surface area contributed by atoms with Gasteiger partial charge in [0.1, 0.15) is 5.82 Å². The summed E-state index contributed by atoms with van der Waals surface area (Å²) in [4.78, 5) is 3.70. The van der Waals surface area contributed by atoms with Crippen LogP contribution in [-0.4, -0.2) is 4.98 Å². The molecule has 0 atom stereocenters. The summed E-state index contributed by atoms with van der Waals surface area (Å²) in [5, 5.41) is 0.430. The molecule has 0 aliphatic rings. The number of benzene rings is 1. The van der Waals surface area contributed by atoms with E-state index in [-0.39, 0.29) is 23.7 Å². The summed E-state index contributed by atoms with van der Waals surface area (Å²) in [7, 11) is 0. The maximum Gasteiger partial charge on any atom is 0.418 e. The highest BCUT2D eigenvalue weighted by molar-refractivity contribution is 5.85. The lowest BCUT2D eigenvalue weighted by Gasteiger charge is -2.09. The molecule has 0 spiro atoms. The van der Waals surface area contributed by atoms with Gasteiger partial charge in [0.15, 0.2) is 0 Å². The largest absolute Gasteiger partial charge is 0.418 e. The number of hydrogen-bond acceptors (Lipinski definition) is 2. The van der Waals surface area contributed by atoms with Crippen LogP contribution in [0.15, 0.2) is 30.3 Å². The van der Waals surface area contributed by atoms with E-state index in [4.69, 9.17) is 5.73 Å². The van der Waals surface area contributed by atoms with Crippen LogP contribution < -0.4 is 5.73 Å². The average Bonchev–Trinajstić information content (AvgIpc) is 2.15. The molecule has 1 aromatic carbocycles. The fourth-order valence-corrected chi connectivity index (χ4v) is 1.39. The van der Waals surface area contributed by atoms with Crippen molar-refractivity contribution in [2.75, 3.05) is 5.73 Å². The number of nitrogen functional groups attached to an aromatic ring is 1. The second-order valence-corrected chi connectivity index (χ2v) is 3.11. The van der Waals surface area contributed by atoms with Crippen molar-refractivity contribution in [3.05, 3.63) is 35.9 Å². The number of aromatic nitrogens is 1. The monoisotopic (exact) mass is 248 g/mol. The third kappa shape index (κ3) is 2.19. The van der Waals surface area contributed by atoms with Crippen LogP contribution in [0.3, 0.4) is 0 Å². The van der Waals surface area contributed by atoms with Crippen LogP contribution in [0.1, 0.15) is 5.56 Å². The number of anilines is 1. The number of rotatable bonds is 0. The Labute approximate surface area is 95.7 Å². The molecule has 6 heteroatoms. The van der Waals surface area contributed by atoms with Gasteiger partial charge >= 0.3 is 6.18 Å². The number of hydrogen-bond donors (Lipinski definition) is 1. The number of alkyl halides is 3. The maximum absolute atomic E-state index is 12.6. The van der Waals surface area contributed by atoms with Crippen LogP contribution in [0.25, 0.3) is 10.9 Å². The van der Waals surface area contributed by atoms with Gasteiger partial charge in [0.2, 0.25) is 0 Å². The molecule has 0 fully saturated rings. The van der Waals surface area contributed by atoms with Crippen molar-refractivity contribution in [1.29, 1.82) is 0 Å². The number of fused-ring (bicyclic) bond motifs is 1. The lowest BCUT2D eigenvalue weighted by molar-refractivity contribution is -0.136. The van der Waals surface area contributed by atoms with Crippen LogP contribution in [-0.2, 0) is 6.18 Å². The van der Waals surface area contributed by atoms with Gasteiger partial charge in [-0.1, -0.05) is 12.1 Å². The highest BCUT2D eigenvalue weighted by atomic mass is 35.5. The summed E-state index contributed by atoms with van der Waals surface area (Å²) in [6, 6.07) is 6.91. The molecule has 0 bridgehead atoms. The van der Waals surface area contributed by atoms with E-state index < -0.39 is 11.7 Å². The van der Waals surface area contributed by atoms with Gasteiger partial charge < -0.3 is 5.73 Å². The van der Waals surface area contributed by atoms with Gasteiger partial charge in [-0.2, -0.15) is 13.2 Å². The first-order valence-corrected chi connectivity index (χ1v) is 4.21. The third-order valence-corrected chi connectivity index (χ3v) is 2.05. The van der Waals surface area contributed by atoms with E-state index >= 15 is 0 Å². The summed E-state index contributed by atoms with van der Waals surface area (Å²) in [6.07, 6.45) is -4.40. The third-order valence-electron chi connectivity index (χ3n) is 2.05. The Morgan fingerprint density at radius 3 is 2.38 bits per heavy atom. The molecule has 0 aliphatic heterocycles. The van der Waals surface area contributed by atoms with Gasteiger partial charge in [-0.25, -0.2) is 4.98 Å². The van der Waals surface area contributed by atoms with Crippen molar-refractivity contribution >= 4 is 29.1 Å². The zero-order chi connectivity index (χ0) is 11.1. The van der Waals surface area contributed by atoms with Gasteiger partial charge in [-0.15, -0.1) is 12.4 Å². The van der Waals surface area contributed by atoms with E-state index in [0.29, 0.717) is 5.39 Å². The Hall–Kier alpha value is -1.49. The molecule has 0 saturated carbocycles. The molecule has 2 rings (SSSR count). The molecule has 2 aromatic rings. The Kier molecular flexibility index (Phi) is 3.28. The maximum atomic E-state index is 12.6.